The summed E-state index contributed by atoms with van der Waals surface area (Å²) >= 11 is 1.03. The molecular formula is C15H11F3N4OS. The minimum atomic E-state index is -4.88. The lowest BCUT2D eigenvalue weighted by Crippen LogP contribution is -2.38. The number of rotatable bonds is 2. The number of fused-ring (bicyclic) bond motifs is 1. The standard InChI is InChI=1S/C15H11F3N4OS/c1-8-11(6-7-23-8)24-13-12(19)22(14(20)15(16,17)18)10-5-3-2-4-9(10)21-13/h2-7,19-20H,1H3. The number of furan rings is 1. The highest BCUT2D eigenvalue weighted by Crippen LogP contribution is 2.29. The van der Waals surface area contributed by atoms with Crippen molar-refractivity contribution < 1.29 is 17.6 Å². The minimum Gasteiger partial charge on any atom is -0.468 e. The zero-order chi connectivity index (χ0) is 17.5. The quantitative estimate of drug-likeness (QED) is 0.541. The molecule has 0 aliphatic heterocycles. The molecule has 0 spiro atoms. The lowest BCUT2D eigenvalue weighted by atomic mass is 10.3. The summed E-state index contributed by atoms with van der Waals surface area (Å²) in [6.07, 6.45) is -3.42. The van der Waals surface area contributed by atoms with Gasteiger partial charge in [0.15, 0.2) is 5.49 Å². The fraction of sp³-hybridized carbons (Fsp3) is 0.133. The molecule has 2 N–H and O–H groups in total. The Bertz CT molecular complexity index is 990. The van der Waals surface area contributed by atoms with Crippen LogP contribution in [0.1, 0.15) is 5.76 Å². The van der Waals surface area contributed by atoms with E-state index in [9.17, 15) is 13.2 Å². The van der Waals surface area contributed by atoms with E-state index in [-0.39, 0.29) is 16.1 Å². The Morgan fingerprint density at radius 3 is 2.58 bits per heavy atom. The fourth-order valence-electron chi connectivity index (χ4n) is 2.14. The maximum Gasteiger partial charge on any atom is 0.449 e. The van der Waals surface area contributed by atoms with Crippen molar-refractivity contribution >= 4 is 28.6 Å². The van der Waals surface area contributed by atoms with E-state index in [2.05, 4.69) is 4.98 Å². The molecule has 2 heterocycles. The SMILES string of the molecule is Cc1occc1Sc1nc2ccccc2n(C(=N)C(F)(F)F)c1=N. The van der Waals surface area contributed by atoms with Gasteiger partial charge in [0.25, 0.3) is 0 Å². The maximum absolute atomic E-state index is 13.0. The summed E-state index contributed by atoms with van der Waals surface area (Å²) in [5, 5.41) is 15.6. The van der Waals surface area contributed by atoms with E-state index in [1.807, 2.05) is 0 Å². The molecule has 3 aromatic rings. The zero-order valence-corrected chi connectivity index (χ0v) is 13.1. The number of hydrogen-bond acceptors (Lipinski definition) is 5. The molecule has 0 saturated carbocycles. The van der Waals surface area contributed by atoms with Crippen LogP contribution in [-0.4, -0.2) is 21.6 Å². The van der Waals surface area contributed by atoms with Gasteiger partial charge in [-0.05, 0) is 25.1 Å². The molecule has 0 fully saturated rings. The molecule has 0 unspecified atom stereocenters. The monoisotopic (exact) mass is 352 g/mol. The van der Waals surface area contributed by atoms with Crippen molar-refractivity contribution in [1.82, 2.24) is 9.55 Å². The Labute approximate surface area is 138 Å². The van der Waals surface area contributed by atoms with Crippen LogP contribution in [0, 0.1) is 17.7 Å². The van der Waals surface area contributed by atoms with Gasteiger partial charge in [0.05, 0.1) is 22.2 Å². The summed E-state index contributed by atoms with van der Waals surface area (Å²) in [4.78, 5) is 4.91. The molecule has 0 atom stereocenters. The molecule has 0 radical (unpaired) electrons. The number of aryl methyl sites for hydroxylation is 1. The third kappa shape index (κ3) is 2.82. The number of alkyl halides is 3. The Hall–Kier alpha value is -2.55. The van der Waals surface area contributed by atoms with Crippen molar-refractivity contribution in [3.05, 3.63) is 47.8 Å². The number of para-hydroxylation sites is 2. The van der Waals surface area contributed by atoms with Gasteiger partial charge >= 0.3 is 6.18 Å². The molecule has 0 aliphatic carbocycles. The molecule has 0 bridgehead atoms. The van der Waals surface area contributed by atoms with Gasteiger partial charge in [0.2, 0.25) is 5.84 Å². The summed E-state index contributed by atoms with van der Waals surface area (Å²) < 4.78 is 44.8. The predicted molar refractivity (Wildman–Crippen MR) is 82.3 cm³/mol. The highest BCUT2D eigenvalue weighted by Gasteiger charge is 2.37. The van der Waals surface area contributed by atoms with E-state index in [4.69, 9.17) is 15.2 Å². The second-order valence-electron chi connectivity index (χ2n) is 4.88. The number of nitrogens with zero attached hydrogens (tertiary/aromatic N) is 2. The van der Waals surface area contributed by atoms with Crippen LogP contribution < -0.4 is 5.49 Å². The Morgan fingerprint density at radius 2 is 1.96 bits per heavy atom. The second-order valence-corrected chi connectivity index (χ2v) is 5.91. The summed E-state index contributed by atoms with van der Waals surface area (Å²) in [6, 6.07) is 7.77. The smallest absolute Gasteiger partial charge is 0.449 e. The fourth-order valence-corrected chi connectivity index (χ4v) is 3.00. The van der Waals surface area contributed by atoms with E-state index in [0.717, 1.165) is 11.8 Å². The molecule has 3 rings (SSSR count). The van der Waals surface area contributed by atoms with E-state index < -0.39 is 17.5 Å². The van der Waals surface area contributed by atoms with Crippen molar-refractivity contribution in [2.24, 2.45) is 0 Å². The van der Waals surface area contributed by atoms with Gasteiger partial charge in [-0.25, -0.2) is 4.98 Å². The Kier molecular flexibility index (Phi) is 3.96. The largest absolute Gasteiger partial charge is 0.468 e. The number of aromatic nitrogens is 2. The average molecular weight is 352 g/mol. The molecule has 0 saturated heterocycles. The first-order valence-electron chi connectivity index (χ1n) is 6.73. The molecule has 24 heavy (non-hydrogen) atoms. The normalized spacial score (nSPS) is 11.8. The third-order valence-corrected chi connectivity index (χ3v) is 4.40. The van der Waals surface area contributed by atoms with E-state index >= 15 is 0 Å². The predicted octanol–water partition coefficient (Wildman–Crippen LogP) is 3.96. The third-order valence-electron chi connectivity index (χ3n) is 3.28. The first-order valence-corrected chi connectivity index (χ1v) is 7.55. The highest BCUT2D eigenvalue weighted by atomic mass is 32.2. The summed E-state index contributed by atoms with van der Waals surface area (Å²) in [5.74, 6) is -1.05. The molecule has 124 valence electrons. The van der Waals surface area contributed by atoms with Crippen molar-refractivity contribution in [2.45, 2.75) is 23.0 Å². The van der Waals surface area contributed by atoms with Crippen molar-refractivity contribution in [3.8, 4) is 0 Å². The first kappa shape index (κ1) is 16.3. The van der Waals surface area contributed by atoms with Gasteiger partial charge in [-0.2, -0.15) is 13.2 Å². The van der Waals surface area contributed by atoms with Gasteiger partial charge in [0, 0.05) is 0 Å². The van der Waals surface area contributed by atoms with Gasteiger partial charge in [-0.3, -0.25) is 15.4 Å². The molecule has 2 aromatic heterocycles. The first-order chi connectivity index (χ1) is 11.3. The van der Waals surface area contributed by atoms with Crippen LogP contribution in [0.2, 0.25) is 0 Å². The second kappa shape index (κ2) is 5.82. The number of halogens is 3. The number of benzene rings is 1. The van der Waals surface area contributed by atoms with E-state index in [1.165, 1.54) is 18.4 Å². The molecular weight excluding hydrogens is 341 g/mol. The van der Waals surface area contributed by atoms with Gasteiger partial charge in [-0.1, -0.05) is 23.9 Å². The minimum absolute atomic E-state index is 0.0538. The summed E-state index contributed by atoms with van der Waals surface area (Å²) in [7, 11) is 0. The Balaban J connectivity index is 2.25. The lowest BCUT2D eigenvalue weighted by Gasteiger charge is -2.16. The van der Waals surface area contributed by atoms with Crippen LogP contribution in [0.25, 0.3) is 11.0 Å². The van der Waals surface area contributed by atoms with Crippen LogP contribution in [-0.2, 0) is 0 Å². The van der Waals surface area contributed by atoms with Crippen molar-refractivity contribution in [1.29, 1.82) is 10.8 Å². The van der Waals surface area contributed by atoms with Crippen LogP contribution >= 0.6 is 11.8 Å². The van der Waals surface area contributed by atoms with Gasteiger partial charge in [0.1, 0.15) is 10.8 Å². The van der Waals surface area contributed by atoms with Crippen LogP contribution in [0.15, 0.2) is 50.9 Å². The molecule has 0 amide bonds. The molecule has 1 aromatic carbocycles. The average Bonchev–Trinajstić information content (AvgIpc) is 2.92. The lowest BCUT2D eigenvalue weighted by molar-refractivity contribution is -0.0624. The maximum atomic E-state index is 13.0. The summed E-state index contributed by atoms with van der Waals surface area (Å²) in [6.45, 7) is 1.71. The number of hydrogen-bond donors (Lipinski definition) is 2. The van der Waals surface area contributed by atoms with Gasteiger partial charge in [-0.15, -0.1) is 0 Å². The van der Waals surface area contributed by atoms with Crippen LogP contribution in [0.3, 0.4) is 0 Å². The molecule has 9 heteroatoms. The highest BCUT2D eigenvalue weighted by molar-refractivity contribution is 7.99. The molecule has 5 nitrogen and oxygen atoms in total. The van der Waals surface area contributed by atoms with Crippen LogP contribution in [0.5, 0.6) is 0 Å². The summed E-state index contributed by atoms with van der Waals surface area (Å²) in [5.41, 5.74) is -0.175. The van der Waals surface area contributed by atoms with Gasteiger partial charge < -0.3 is 4.42 Å². The topological polar surface area (TPSA) is 78.7 Å². The van der Waals surface area contributed by atoms with Crippen molar-refractivity contribution in [3.63, 3.8) is 0 Å². The molecule has 0 aliphatic rings. The van der Waals surface area contributed by atoms with E-state index in [0.29, 0.717) is 15.2 Å². The Morgan fingerprint density at radius 1 is 1.25 bits per heavy atom. The van der Waals surface area contributed by atoms with Crippen molar-refractivity contribution in [2.75, 3.05) is 0 Å². The zero-order valence-electron chi connectivity index (χ0n) is 12.3. The number of nitrogens with one attached hydrogen (secondary N) is 2. The van der Waals surface area contributed by atoms with Crippen LogP contribution in [0.4, 0.5) is 13.2 Å². The van der Waals surface area contributed by atoms with E-state index in [1.54, 1.807) is 25.1 Å².